The van der Waals surface area contributed by atoms with E-state index in [1.54, 1.807) is 25.4 Å². The van der Waals surface area contributed by atoms with Crippen molar-refractivity contribution in [2.24, 2.45) is 0 Å². The van der Waals surface area contributed by atoms with Gasteiger partial charge < -0.3 is 19.9 Å². The fourth-order valence-electron chi connectivity index (χ4n) is 2.46. The van der Waals surface area contributed by atoms with Gasteiger partial charge >= 0.3 is 0 Å². The summed E-state index contributed by atoms with van der Waals surface area (Å²) in [6.45, 7) is 0. The van der Waals surface area contributed by atoms with E-state index in [-0.39, 0.29) is 11.3 Å². The van der Waals surface area contributed by atoms with Crippen molar-refractivity contribution in [2.75, 3.05) is 19.5 Å². The Morgan fingerprint density at radius 1 is 1.08 bits per heavy atom. The number of pyridine rings is 1. The molecule has 1 aromatic heterocycles. The average Bonchev–Trinajstić information content (AvgIpc) is 2.60. The molecule has 2 aromatic carbocycles. The molecular formula is C18H16N2O4. The van der Waals surface area contributed by atoms with E-state index in [1.165, 1.54) is 25.3 Å². The van der Waals surface area contributed by atoms with Crippen LogP contribution in [0.2, 0.25) is 0 Å². The lowest BCUT2D eigenvalue weighted by Gasteiger charge is -2.12. The Labute approximate surface area is 138 Å². The molecule has 3 aromatic rings. The van der Waals surface area contributed by atoms with Crippen LogP contribution in [-0.2, 0) is 0 Å². The Bertz CT molecular complexity index is 909. The summed E-state index contributed by atoms with van der Waals surface area (Å²) < 4.78 is 10.5. The third-order valence-corrected chi connectivity index (χ3v) is 3.58. The highest BCUT2D eigenvalue weighted by molar-refractivity contribution is 6.07. The van der Waals surface area contributed by atoms with Crippen molar-refractivity contribution < 1.29 is 19.4 Å². The summed E-state index contributed by atoms with van der Waals surface area (Å²) in [6.07, 6.45) is 1.68. The van der Waals surface area contributed by atoms with Crippen LogP contribution in [0.15, 0.2) is 48.7 Å². The van der Waals surface area contributed by atoms with Crippen molar-refractivity contribution in [2.45, 2.75) is 0 Å². The number of ether oxygens (including phenoxy) is 2. The highest BCUT2D eigenvalue weighted by Gasteiger charge is 2.15. The van der Waals surface area contributed by atoms with E-state index in [1.807, 2.05) is 12.1 Å². The van der Waals surface area contributed by atoms with E-state index in [4.69, 9.17) is 9.47 Å². The molecule has 6 heteroatoms. The van der Waals surface area contributed by atoms with E-state index in [0.717, 1.165) is 5.39 Å². The molecule has 6 nitrogen and oxygen atoms in total. The minimum absolute atomic E-state index is 0.0127. The monoisotopic (exact) mass is 324 g/mol. The highest BCUT2D eigenvalue weighted by atomic mass is 16.5. The summed E-state index contributed by atoms with van der Waals surface area (Å²) >= 11 is 0. The molecule has 0 spiro atoms. The maximum atomic E-state index is 12.5. The number of phenolic OH excluding ortho intramolecular Hbond substituents is 1. The smallest absolute Gasteiger partial charge is 0.259 e. The summed E-state index contributed by atoms with van der Waals surface area (Å²) in [5.41, 5.74) is 1.51. The zero-order valence-corrected chi connectivity index (χ0v) is 13.2. The number of phenols is 1. The fraction of sp³-hybridized carbons (Fsp3) is 0.111. The van der Waals surface area contributed by atoms with Gasteiger partial charge in [-0.3, -0.25) is 9.78 Å². The van der Waals surface area contributed by atoms with E-state index in [9.17, 15) is 9.90 Å². The number of carbonyl (C=O) groups is 1. The van der Waals surface area contributed by atoms with Crippen LogP contribution in [0, 0.1) is 0 Å². The topological polar surface area (TPSA) is 80.7 Å². The molecule has 0 saturated heterocycles. The van der Waals surface area contributed by atoms with Crippen LogP contribution < -0.4 is 14.8 Å². The lowest BCUT2D eigenvalue weighted by molar-refractivity contribution is 0.102. The van der Waals surface area contributed by atoms with Gasteiger partial charge in [0.2, 0.25) is 0 Å². The zero-order valence-electron chi connectivity index (χ0n) is 13.2. The van der Waals surface area contributed by atoms with Crippen LogP contribution in [0.4, 0.5) is 5.69 Å². The first kappa shape index (κ1) is 15.6. The van der Waals surface area contributed by atoms with Crippen molar-refractivity contribution in [1.29, 1.82) is 0 Å². The molecule has 122 valence electrons. The van der Waals surface area contributed by atoms with Crippen LogP contribution in [0.25, 0.3) is 10.9 Å². The number of anilines is 1. The molecule has 0 radical (unpaired) electrons. The lowest BCUT2D eigenvalue weighted by Crippen LogP contribution is -2.13. The Morgan fingerprint density at radius 3 is 2.62 bits per heavy atom. The number of hydrogen-bond acceptors (Lipinski definition) is 5. The van der Waals surface area contributed by atoms with Crippen molar-refractivity contribution >= 4 is 22.5 Å². The number of benzene rings is 2. The Balaban J connectivity index is 1.98. The molecule has 3 rings (SSSR count). The SMILES string of the molecule is COc1ccc(O)cc1C(=O)Nc1cc(OC)c2ncccc2c1. The third-order valence-electron chi connectivity index (χ3n) is 3.58. The molecule has 1 amide bonds. The summed E-state index contributed by atoms with van der Waals surface area (Å²) in [5, 5.41) is 13.2. The first-order valence-corrected chi connectivity index (χ1v) is 7.23. The number of carbonyl (C=O) groups excluding carboxylic acids is 1. The van der Waals surface area contributed by atoms with Gasteiger partial charge in [-0.25, -0.2) is 0 Å². The van der Waals surface area contributed by atoms with Gasteiger partial charge in [0, 0.05) is 23.3 Å². The standard InChI is InChI=1S/C18H16N2O4/c1-23-15-6-5-13(21)10-14(15)18(22)20-12-8-11-4-3-7-19-17(11)16(9-12)24-2/h3-10,21H,1-2H3,(H,20,22). The van der Waals surface area contributed by atoms with Gasteiger partial charge in [0.1, 0.15) is 22.8 Å². The minimum Gasteiger partial charge on any atom is -0.508 e. The minimum atomic E-state index is -0.395. The molecule has 0 atom stereocenters. The van der Waals surface area contributed by atoms with Crippen LogP contribution in [0.3, 0.4) is 0 Å². The van der Waals surface area contributed by atoms with Crippen molar-refractivity contribution in [1.82, 2.24) is 4.98 Å². The molecule has 0 saturated carbocycles. The second-order valence-corrected chi connectivity index (χ2v) is 5.09. The van der Waals surface area contributed by atoms with E-state index < -0.39 is 5.91 Å². The number of nitrogens with one attached hydrogen (secondary N) is 1. The number of rotatable bonds is 4. The molecule has 0 unspecified atom stereocenters. The Hall–Kier alpha value is -3.28. The Kier molecular flexibility index (Phi) is 4.20. The molecule has 24 heavy (non-hydrogen) atoms. The third kappa shape index (κ3) is 2.94. The van der Waals surface area contributed by atoms with Crippen LogP contribution in [0.1, 0.15) is 10.4 Å². The highest BCUT2D eigenvalue weighted by Crippen LogP contribution is 2.29. The summed E-state index contributed by atoms with van der Waals surface area (Å²) in [5.74, 6) is 0.528. The molecule has 0 aliphatic rings. The fourth-order valence-corrected chi connectivity index (χ4v) is 2.46. The summed E-state index contributed by atoms with van der Waals surface area (Å²) in [7, 11) is 3.02. The van der Waals surface area contributed by atoms with Gasteiger partial charge in [-0.2, -0.15) is 0 Å². The van der Waals surface area contributed by atoms with Gasteiger partial charge in [0.15, 0.2) is 0 Å². The number of hydrogen-bond donors (Lipinski definition) is 2. The maximum Gasteiger partial charge on any atom is 0.259 e. The normalized spacial score (nSPS) is 10.4. The van der Waals surface area contributed by atoms with Crippen molar-refractivity contribution in [3.05, 3.63) is 54.2 Å². The van der Waals surface area contributed by atoms with E-state index in [0.29, 0.717) is 22.7 Å². The second-order valence-electron chi connectivity index (χ2n) is 5.09. The van der Waals surface area contributed by atoms with Crippen LogP contribution in [-0.4, -0.2) is 30.2 Å². The van der Waals surface area contributed by atoms with Crippen molar-refractivity contribution in [3.63, 3.8) is 0 Å². The molecule has 0 aliphatic carbocycles. The second kappa shape index (κ2) is 6.45. The average molecular weight is 324 g/mol. The molecule has 2 N–H and O–H groups in total. The molecule has 0 fully saturated rings. The predicted molar refractivity (Wildman–Crippen MR) is 90.9 cm³/mol. The number of nitrogens with zero attached hydrogens (tertiary/aromatic N) is 1. The quantitative estimate of drug-likeness (QED) is 0.770. The van der Waals surface area contributed by atoms with Gasteiger partial charge in [-0.05, 0) is 30.3 Å². The molecule has 0 bridgehead atoms. The van der Waals surface area contributed by atoms with Crippen LogP contribution >= 0.6 is 0 Å². The maximum absolute atomic E-state index is 12.5. The van der Waals surface area contributed by atoms with Gasteiger partial charge in [0.25, 0.3) is 5.91 Å². The molecular weight excluding hydrogens is 308 g/mol. The first-order valence-electron chi connectivity index (χ1n) is 7.23. The predicted octanol–water partition coefficient (Wildman–Crippen LogP) is 3.21. The lowest BCUT2D eigenvalue weighted by atomic mass is 10.1. The number of fused-ring (bicyclic) bond motifs is 1. The van der Waals surface area contributed by atoms with Gasteiger partial charge in [-0.15, -0.1) is 0 Å². The van der Waals surface area contributed by atoms with E-state index in [2.05, 4.69) is 10.3 Å². The Morgan fingerprint density at radius 2 is 1.88 bits per heavy atom. The van der Waals surface area contributed by atoms with Gasteiger partial charge in [0.05, 0.1) is 19.8 Å². The number of aromatic hydroxyl groups is 1. The van der Waals surface area contributed by atoms with Gasteiger partial charge in [-0.1, -0.05) is 6.07 Å². The zero-order chi connectivity index (χ0) is 17.1. The molecule has 1 heterocycles. The van der Waals surface area contributed by atoms with E-state index >= 15 is 0 Å². The largest absolute Gasteiger partial charge is 0.508 e. The summed E-state index contributed by atoms with van der Waals surface area (Å²) in [4.78, 5) is 16.8. The van der Waals surface area contributed by atoms with Crippen LogP contribution in [0.5, 0.6) is 17.2 Å². The van der Waals surface area contributed by atoms with Crippen molar-refractivity contribution in [3.8, 4) is 17.2 Å². The summed E-state index contributed by atoms with van der Waals surface area (Å²) in [6, 6.07) is 11.5. The first-order chi connectivity index (χ1) is 11.6. The number of aromatic nitrogens is 1. The number of methoxy groups -OCH3 is 2. The molecule has 0 aliphatic heterocycles. The number of amides is 1.